The molecular weight excluding hydrogens is 325 g/mol. The molecule has 0 radical (unpaired) electrons. The fraction of sp³-hybridized carbons (Fsp3) is 0.375. The molecule has 0 N–H and O–H groups in total. The Morgan fingerprint density at radius 2 is 2.21 bits per heavy atom. The van der Waals surface area contributed by atoms with E-state index >= 15 is 0 Å². The maximum absolute atomic E-state index is 13.2. The number of halogens is 3. The average Bonchev–Trinajstić information content (AvgIpc) is 2.93. The largest absolute Gasteiger partial charge is 0.478 e. The van der Waals surface area contributed by atoms with Gasteiger partial charge in [-0.15, -0.1) is 0 Å². The van der Waals surface area contributed by atoms with E-state index in [1.54, 1.807) is 24.3 Å². The van der Waals surface area contributed by atoms with Crippen molar-refractivity contribution in [3.05, 3.63) is 46.6 Å². The molecule has 0 saturated heterocycles. The van der Waals surface area contributed by atoms with Gasteiger partial charge in [0.2, 0.25) is 5.88 Å². The zero-order valence-electron chi connectivity index (χ0n) is 12.9. The van der Waals surface area contributed by atoms with Gasteiger partial charge in [-0.2, -0.15) is 18.3 Å². The molecule has 0 fully saturated rings. The van der Waals surface area contributed by atoms with Gasteiger partial charge in [-0.05, 0) is 30.5 Å². The van der Waals surface area contributed by atoms with Gasteiger partial charge in [0.1, 0.15) is 0 Å². The summed E-state index contributed by atoms with van der Waals surface area (Å²) in [5, 5.41) is 3.70. The summed E-state index contributed by atoms with van der Waals surface area (Å²) in [6, 6.07) is 6.49. The lowest BCUT2D eigenvalue weighted by Gasteiger charge is -2.16. The molecule has 128 valence electrons. The van der Waals surface area contributed by atoms with E-state index in [0.29, 0.717) is 24.2 Å². The van der Waals surface area contributed by atoms with Crippen LogP contribution in [0.3, 0.4) is 0 Å². The van der Waals surface area contributed by atoms with E-state index < -0.39 is 17.8 Å². The summed E-state index contributed by atoms with van der Waals surface area (Å²) in [7, 11) is 1.27. The van der Waals surface area contributed by atoms with Crippen LogP contribution in [-0.4, -0.2) is 29.5 Å². The first-order valence-corrected chi connectivity index (χ1v) is 7.37. The van der Waals surface area contributed by atoms with Crippen LogP contribution < -0.4 is 4.74 Å². The van der Waals surface area contributed by atoms with Crippen molar-refractivity contribution < 1.29 is 27.4 Å². The summed E-state index contributed by atoms with van der Waals surface area (Å²) in [5.74, 6) is -0.358. The normalized spacial score (nSPS) is 14.0. The first-order chi connectivity index (χ1) is 11.4. The van der Waals surface area contributed by atoms with Crippen molar-refractivity contribution in [3.8, 4) is 5.88 Å². The van der Waals surface area contributed by atoms with E-state index in [4.69, 9.17) is 4.74 Å². The second-order valence-corrected chi connectivity index (χ2v) is 5.43. The van der Waals surface area contributed by atoms with Crippen LogP contribution in [0.5, 0.6) is 5.88 Å². The number of benzene rings is 1. The molecule has 0 amide bonds. The number of hydrogen-bond acceptors (Lipinski definition) is 4. The summed E-state index contributed by atoms with van der Waals surface area (Å²) >= 11 is 0. The molecule has 2 aromatic rings. The van der Waals surface area contributed by atoms with Crippen LogP contribution >= 0.6 is 0 Å². The Morgan fingerprint density at radius 1 is 1.42 bits per heavy atom. The third kappa shape index (κ3) is 3.08. The van der Waals surface area contributed by atoms with Gasteiger partial charge in [0.15, 0.2) is 5.69 Å². The number of nitrogens with zero attached hydrogens (tertiary/aromatic N) is 2. The number of ether oxygens (including phenoxy) is 2. The van der Waals surface area contributed by atoms with E-state index in [9.17, 15) is 18.0 Å². The predicted molar refractivity (Wildman–Crippen MR) is 77.9 cm³/mol. The Bertz CT molecular complexity index is 768. The molecule has 0 bridgehead atoms. The highest BCUT2D eigenvalue weighted by Crippen LogP contribution is 2.38. The number of carbonyl (C=O) groups excluding carboxylic acids is 1. The highest BCUT2D eigenvalue weighted by Gasteiger charge is 2.40. The molecule has 5 nitrogen and oxygen atoms in total. The van der Waals surface area contributed by atoms with Crippen LogP contribution in [0, 0.1) is 0 Å². The second-order valence-electron chi connectivity index (χ2n) is 5.43. The number of methoxy groups -OCH3 is 1. The number of esters is 1. The molecule has 1 aliphatic rings. The monoisotopic (exact) mass is 340 g/mol. The van der Waals surface area contributed by atoms with Crippen molar-refractivity contribution in [1.82, 2.24) is 9.78 Å². The van der Waals surface area contributed by atoms with Gasteiger partial charge >= 0.3 is 12.1 Å². The molecule has 1 aromatic heterocycles. The van der Waals surface area contributed by atoms with E-state index in [1.165, 1.54) is 11.8 Å². The SMILES string of the molecule is COC(=O)c1cccc(Cn2nc(C(F)(F)F)c3c2OCCC3)c1. The minimum atomic E-state index is -4.52. The average molecular weight is 340 g/mol. The molecule has 3 rings (SSSR count). The van der Waals surface area contributed by atoms with Crippen molar-refractivity contribution >= 4 is 5.97 Å². The van der Waals surface area contributed by atoms with Crippen molar-refractivity contribution in [2.45, 2.75) is 25.6 Å². The maximum Gasteiger partial charge on any atom is 0.435 e. The fourth-order valence-corrected chi connectivity index (χ4v) is 2.71. The van der Waals surface area contributed by atoms with Gasteiger partial charge in [0.05, 0.1) is 25.8 Å². The number of rotatable bonds is 3. The van der Waals surface area contributed by atoms with Gasteiger partial charge < -0.3 is 9.47 Å². The Hall–Kier alpha value is -2.51. The quantitative estimate of drug-likeness (QED) is 0.806. The number of hydrogen-bond donors (Lipinski definition) is 0. The lowest BCUT2D eigenvalue weighted by Crippen LogP contribution is -2.13. The van der Waals surface area contributed by atoms with Gasteiger partial charge in [0.25, 0.3) is 0 Å². The molecule has 8 heteroatoms. The summed E-state index contributed by atoms with van der Waals surface area (Å²) in [6.45, 7) is 0.432. The van der Waals surface area contributed by atoms with Crippen molar-refractivity contribution in [3.63, 3.8) is 0 Å². The second kappa shape index (κ2) is 6.18. The van der Waals surface area contributed by atoms with E-state index in [-0.39, 0.29) is 24.4 Å². The molecule has 0 atom stereocenters. The number of aromatic nitrogens is 2. The Labute approximate surface area is 136 Å². The molecule has 0 spiro atoms. The lowest BCUT2D eigenvalue weighted by atomic mass is 10.1. The standard InChI is InChI=1S/C16H15F3N2O3/c1-23-15(22)11-5-2-4-10(8-11)9-21-14-12(6-3-7-24-14)13(20-21)16(17,18)19/h2,4-5,8H,3,6-7,9H2,1H3. The van der Waals surface area contributed by atoms with Crippen molar-refractivity contribution in [2.75, 3.05) is 13.7 Å². The van der Waals surface area contributed by atoms with Crippen LogP contribution in [0.4, 0.5) is 13.2 Å². The summed E-state index contributed by atoms with van der Waals surface area (Å²) < 4.78 is 50.7. The minimum Gasteiger partial charge on any atom is -0.478 e. The third-order valence-electron chi connectivity index (χ3n) is 3.76. The molecule has 1 aliphatic heterocycles. The van der Waals surface area contributed by atoms with Crippen LogP contribution in [0.15, 0.2) is 24.3 Å². The molecule has 0 aliphatic carbocycles. The predicted octanol–water partition coefficient (Wildman–Crippen LogP) is 3.06. The van der Waals surface area contributed by atoms with Gasteiger partial charge in [-0.25, -0.2) is 9.48 Å². The number of alkyl halides is 3. The zero-order chi connectivity index (χ0) is 17.3. The minimum absolute atomic E-state index is 0.0727. The van der Waals surface area contributed by atoms with Crippen LogP contribution in [-0.2, 0) is 23.9 Å². The van der Waals surface area contributed by atoms with Gasteiger partial charge in [-0.3, -0.25) is 0 Å². The Balaban J connectivity index is 1.96. The van der Waals surface area contributed by atoms with E-state index in [1.807, 2.05) is 0 Å². The van der Waals surface area contributed by atoms with Crippen LogP contribution in [0.1, 0.15) is 33.6 Å². The molecule has 24 heavy (non-hydrogen) atoms. The van der Waals surface area contributed by atoms with Crippen molar-refractivity contribution in [1.29, 1.82) is 0 Å². The van der Waals surface area contributed by atoms with Crippen LogP contribution in [0.2, 0.25) is 0 Å². The maximum atomic E-state index is 13.2. The van der Waals surface area contributed by atoms with E-state index in [2.05, 4.69) is 9.84 Å². The summed E-state index contributed by atoms with van der Waals surface area (Å²) in [5.41, 5.74) is 0.151. The molecule has 2 heterocycles. The molecule has 1 aromatic carbocycles. The zero-order valence-corrected chi connectivity index (χ0v) is 12.9. The first-order valence-electron chi connectivity index (χ1n) is 7.37. The summed E-state index contributed by atoms with van der Waals surface area (Å²) in [4.78, 5) is 11.6. The van der Waals surface area contributed by atoms with E-state index in [0.717, 1.165) is 0 Å². The Morgan fingerprint density at radius 3 is 2.92 bits per heavy atom. The lowest BCUT2D eigenvalue weighted by molar-refractivity contribution is -0.142. The fourth-order valence-electron chi connectivity index (χ4n) is 2.71. The number of carbonyl (C=O) groups is 1. The van der Waals surface area contributed by atoms with Crippen LogP contribution in [0.25, 0.3) is 0 Å². The Kier molecular flexibility index (Phi) is 4.21. The first kappa shape index (κ1) is 16.4. The number of fused-ring (bicyclic) bond motifs is 1. The highest BCUT2D eigenvalue weighted by molar-refractivity contribution is 5.89. The highest BCUT2D eigenvalue weighted by atomic mass is 19.4. The summed E-state index contributed by atoms with van der Waals surface area (Å²) in [6.07, 6.45) is -3.71. The molecule has 0 unspecified atom stereocenters. The molecule has 0 saturated carbocycles. The topological polar surface area (TPSA) is 53.4 Å². The van der Waals surface area contributed by atoms with Gasteiger partial charge in [-0.1, -0.05) is 12.1 Å². The van der Waals surface area contributed by atoms with Crippen molar-refractivity contribution in [2.24, 2.45) is 0 Å². The smallest absolute Gasteiger partial charge is 0.435 e. The third-order valence-corrected chi connectivity index (χ3v) is 3.76. The molecular formula is C16H15F3N2O3. The van der Waals surface area contributed by atoms with Gasteiger partial charge in [0, 0.05) is 5.56 Å².